The van der Waals surface area contributed by atoms with E-state index in [2.05, 4.69) is 15.5 Å². The molecule has 1 aromatic rings. The zero-order chi connectivity index (χ0) is 20.5. The number of guanidine groups is 1. The highest BCUT2D eigenvalue weighted by molar-refractivity contribution is 7.79. The standard InChI is InChI=1S/C9H9N7O5.H2O4S/c10-9(11)14-12-4-8(17)13-5-1-6(15(18)19)3-7(2-5)16(20)21;1-5(2,3)4/h1-4H,(H,13,17)(H4,10,11,14);(H2,1,2,3,4)/b12-4+;. The Morgan fingerprint density at radius 2 is 1.54 bits per heavy atom. The van der Waals surface area contributed by atoms with Crippen LogP contribution in [-0.2, 0) is 15.2 Å². The summed E-state index contributed by atoms with van der Waals surface area (Å²) in [6.45, 7) is 0. The molecule has 0 bridgehead atoms. The van der Waals surface area contributed by atoms with E-state index in [1.807, 2.05) is 0 Å². The van der Waals surface area contributed by atoms with Gasteiger partial charge in [-0.25, -0.2) is 0 Å². The molecule has 0 spiro atoms. The molecule has 0 unspecified atom stereocenters. The summed E-state index contributed by atoms with van der Waals surface area (Å²) in [4.78, 5) is 31.1. The number of rotatable bonds is 5. The van der Waals surface area contributed by atoms with Crippen LogP contribution >= 0.6 is 0 Å². The molecule has 0 aliphatic carbocycles. The van der Waals surface area contributed by atoms with Gasteiger partial charge in [0.2, 0.25) is 5.96 Å². The van der Waals surface area contributed by atoms with Crippen LogP contribution in [0.1, 0.15) is 0 Å². The van der Waals surface area contributed by atoms with Crippen molar-refractivity contribution in [3.8, 4) is 0 Å². The largest absolute Gasteiger partial charge is 0.394 e. The number of carbonyl (C=O) groups is 1. The van der Waals surface area contributed by atoms with Crippen molar-refractivity contribution in [1.29, 1.82) is 0 Å². The molecule has 16 nitrogen and oxygen atoms in total. The predicted molar refractivity (Wildman–Crippen MR) is 86.9 cm³/mol. The van der Waals surface area contributed by atoms with Gasteiger partial charge >= 0.3 is 10.4 Å². The average molecular weight is 393 g/mol. The van der Waals surface area contributed by atoms with Crippen LogP contribution in [0.4, 0.5) is 17.1 Å². The Balaban J connectivity index is 0.00000110. The number of non-ortho nitro benzene ring substituents is 2. The molecule has 7 N–H and O–H groups in total. The molecule has 0 aliphatic heterocycles. The average Bonchev–Trinajstić information content (AvgIpc) is 2.44. The molecule has 0 atom stereocenters. The second-order valence-corrected chi connectivity index (χ2v) is 4.85. The van der Waals surface area contributed by atoms with E-state index in [0.29, 0.717) is 6.21 Å². The van der Waals surface area contributed by atoms with Crippen LogP contribution in [-0.4, -0.2) is 45.5 Å². The lowest BCUT2D eigenvalue weighted by atomic mass is 10.2. The number of nitrogens with two attached hydrogens (primary N) is 2. The van der Waals surface area contributed by atoms with Crippen LogP contribution in [0.15, 0.2) is 28.4 Å². The third kappa shape index (κ3) is 10.9. The summed E-state index contributed by atoms with van der Waals surface area (Å²) in [5.74, 6) is -1.19. The molecular formula is C9H11N7O9S. The van der Waals surface area contributed by atoms with Crippen molar-refractivity contribution in [2.75, 3.05) is 5.32 Å². The van der Waals surface area contributed by atoms with E-state index in [1.54, 1.807) is 0 Å². The van der Waals surface area contributed by atoms with E-state index in [-0.39, 0.29) is 11.6 Å². The lowest BCUT2D eigenvalue weighted by molar-refractivity contribution is -0.394. The predicted octanol–water partition coefficient (Wildman–Crippen LogP) is -0.952. The van der Waals surface area contributed by atoms with Gasteiger partial charge in [0.05, 0.1) is 21.6 Å². The van der Waals surface area contributed by atoms with E-state index in [9.17, 15) is 25.0 Å². The van der Waals surface area contributed by atoms with Crippen molar-refractivity contribution < 1.29 is 32.2 Å². The topological polar surface area (TPSA) is 267 Å². The summed E-state index contributed by atoms with van der Waals surface area (Å²) >= 11 is 0. The quantitative estimate of drug-likeness (QED) is 0.134. The highest BCUT2D eigenvalue weighted by Crippen LogP contribution is 2.25. The van der Waals surface area contributed by atoms with Gasteiger partial charge in [0.15, 0.2) is 0 Å². The number of benzene rings is 1. The van der Waals surface area contributed by atoms with Crippen molar-refractivity contribution >= 4 is 45.5 Å². The summed E-state index contributed by atoms with van der Waals surface area (Å²) < 4.78 is 31.6. The maximum Gasteiger partial charge on any atom is 0.394 e. The van der Waals surface area contributed by atoms with Gasteiger partial charge < -0.3 is 16.8 Å². The zero-order valence-corrected chi connectivity index (χ0v) is 13.2. The van der Waals surface area contributed by atoms with Gasteiger partial charge in [0.1, 0.15) is 6.21 Å². The van der Waals surface area contributed by atoms with Crippen molar-refractivity contribution in [1.82, 2.24) is 0 Å². The number of amides is 1. The molecule has 1 amide bonds. The zero-order valence-electron chi connectivity index (χ0n) is 12.4. The lowest BCUT2D eigenvalue weighted by Gasteiger charge is -2.01. The van der Waals surface area contributed by atoms with Gasteiger partial charge in [-0.2, -0.15) is 8.42 Å². The number of nitro groups is 2. The third-order valence-electron chi connectivity index (χ3n) is 1.94. The van der Waals surface area contributed by atoms with Gasteiger partial charge in [-0.05, 0) is 0 Å². The minimum absolute atomic E-state index is 0.142. The summed E-state index contributed by atoms with van der Waals surface area (Å²) in [5, 5.41) is 29.9. The Kier molecular flexibility index (Phi) is 8.20. The Morgan fingerprint density at radius 1 is 1.12 bits per heavy atom. The lowest BCUT2D eigenvalue weighted by Crippen LogP contribution is -2.22. The maximum atomic E-state index is 11.4. The molecular weight excluding hydrogens is 382 g/mol. The van der Waals surface area contributed by atoms with Gasteiger partial charge in [-0.1, -0.05) is 0 Å². The van der Waals surface area contributed by atoms with Crippen LogP contribution < -0.4 is 16.8 Å². The third-order valence-corrected chi connectivity index (χ3v) is 1.94. The Morgan fingerprint density at radius 3 is 1.88 bits per heavy atom. The number of hydrogen-bond donors (Lipinski definition) is 5. The number of anilines is 1. The van der Waals surface area contributed by atoms with Crippen molar-refractivity contribution in [3.63, 3.8) is 0 Å². The maximum absolute atomic E-state index is 11.4. The molecule has 142 valence electrons. The second-order valence-electron chi connectivity index (χ2n) is 3.96. The number of hydrogen-bond acceptors (Lipinski definition) is 9. The van der Waals surface area contributed by atoms with E-state index >= 15 is 0 Å². The Hall–Kier alpha value is -3.70. The highest BCUT2D eigenvalue weighted by Gasteiger charge is 2.17. The summed E-state index contributed by atoms with van der Waals surface area (Å²) in [6.07, 6.45) is 0.699. The molecule has 0 fully saturated rings. The second kappa shape index (κ2) is 9.56. The van der Waals surface area contributed by atoms with Crippen LogP contribution in [0, 0.1) is 20.2 Å². The Bertz CT molecular complexity index is 820. The monoisotopic (exact) mass is 393 g/mol. The number of carbonyl (C=O) groups excluding carboxylic acids is 1. The SMILES string of the molecule is NC(N)=N/N=C/C(=O)Nc1cc([N+](=O)[O-])cc([N+](=O)[O-])c1.O=S(=O)(O)O. The van der Waals surface area contributed by atoms with E-state index in [4.69, 9.17) is 29.0 Å². The normalized spacial score (nSPS) is 10.4. The molecule has 17 heteroatoms. The summed E-state index contributed by atoms with van der Waals surface area (Å²) in [5.41, 5.74) is 8.72. The Labute approximate surface area is 144 Å². The van der Waals surface area contributed by atoms with Crippen molar-refractivity contribution in [2.24, 2.45) is 21.7 Å². The fourth-order valence-electron chi connectivity index (χ4n) is 1.20. The number of nitrogens with zero attached hydrogens (tertiary/aromatic N) is 4. The van der Waals surface area contributed by atoms with Gasteiger partial charge in [-0.3, -0.25) is 34.1 Å². The molecule has 1 aromatic carbocycles. The fourth-order valence-corrected chi connectivity index (χ4v) is 1.20. The van der Waals surface area contributed by atoms with E-state index < -0.39 is 37.5 Å². The van der Waals surface area contributed by atoms with Crippen LogP contribution in [0.3, 0.4) is 0 Å². The first kappa shape index (κ1) is 22.3. The smallest absolute Gasteiger partial charge is 0.369 e. The number of nitrogens with one attached hydrogen (secondary N) is 1. The van der Waals surface area contributed by atoms with Crippen LogP contribution in [0.25, 0.3) is 0 Å². The molecule has 0 aromatic heterocycles. The molecule has 26 heavy (non-hydrogen) atoms. The van der Waals surface area contributed by atoms with Crippen LogP contribution in [0.2, 0.25) is 0 Å². The summed E-state index contributed by atoms with van der Waals surface area (Å²) in [6, 6.07) is 2.68. The van der Waals surface area contributed by atoms with Gasteiger partial charge in [0.25, 0.3) is 17.3 Å². The molecule has 1 rings (SSSR count). The first-order valence-electron chi connectivity index (χ1n) is 5.86. The molecule has 0 heterocycles. The van der Waals surface area contributed by atoms with Crippen molar-refractivity contribution in [3.05, 3.63) is 38.4 Å². The first-order chi connectivity index (χ1) is 11.8. The first-order valence-corrected chi connectivity index (χ1v) is 7.26. The van der Waals surface area contributed by atoms with E-state index in [0.717, 1.165) is 18.2 Å². The van der Waals surface area contributed by atoms with Gasteiger partial charge in [-0.15, -0.1) is 10.2 Å². The minimum Gasteiger partial charge on any atom is -0.369 e. The minimum atomic E-state index is -4.67. The van der Waals surface area contributed by atoms with Crippen LogP contribution in [0.5, 0.6) is 0 Å². The summed E-state index contributed by atoms with van der Waals surface area (Å²) in [7, 11) is -4.67. The highest BCUT2D eigenvalue weighted by atomic mass is 32.3. The van der Waals surface area contributed by atoms with E-state index in [1.165, 1.54) is 0 Å². The van der Waals surface area contributed by atoms with Gasteiger partial charge in [0, 0.05) is 12.1 Å². The molecule has 0 saturated carbocycles. The molecule has 0 saturated heterocycles. The molecule has 0 aliphatic rings. The number of nitro benzene ring substituents is 2. The molecule has 0 radical (unpaired) electrons. The fraction of sp³-hybridized carbons (Fsp3) is 0. The van der Waals surface area contributed by atoms with Crippen molar-refractivity contribution in [2.45, 2.75) is 0 Å².